The van der Waals surface area contributed by atoms with Gasteiger partial charge in [0.1, 0.15) is 0 Å². The van der Waals surface area contributed by atoms with Crippen LogP contribution in [0.2, 0.25) is 0 Å². The van der Waals surface area contributed by atoms with Crippen molar-refractivity contribution in [2.45, 2.75) is 32.7 Å². The molecule has 1 amide bonds. The Morgan fingerprint density at radius 1 is 1.15 bits per heavy atom. The van der Waals surface area contributed by atoms with Gasteiger partial charge in [0, 0.05) is 55.6 Å². The van der Waals surface area contributed by atoms with E-state index in [4.69, 9.17) is 0 Å². The fourth-order valence-corrected chi connectivity index (χ4v) is 5.31. The van der Waals surface area contributed by atoms with Crippen LogP contribution in [-0.4, -0.2) is 64.9 Å². The molecule has 2 saturated heterocycles. The Morgan fingerprint density at radius 3 is 2.70 bits per heavy atom. The van der Waals surface area contributed by atoms with E-state index < -0.39 is 0 Å². The lowest BCUT2D eigenvalue weighted by atomic mass is 9.95. The van der Waals surface area contributed by atoms with Crippen LogP contribution < -0.4 is 4.90 Å². The predicted octanol–water partition coefficient (Wildman–Crippen LogP) is 2.86. The maximum absolute atomic E-state index is 13.0. The second kappa shape index (κ2) is 8.67. The summed E-state index contributed by atoms with van der Waals surface area (Å²) in [7, 11) is 0. The van der Waals surface area contributed by atoms with Crippen LogP contribution in [0.5, 0.6) is 0 Å². The molecule has 2 fully saturated rings. The molecule has 8 heteroatoms. The second-order valence-electron chi connectivity index (χ2n) is 7.39. The SMILES string of the molecule is Cc1nc(CN2CCC(C(=O)N3CCCN(c4nccs4)CC3)CC2)cs1. The maximum atomic E-state index is 13.0. The topological polar surface area (TPSA) is 52.6 Å². The van der Waals surface area contributed by atoms with Gasteiger partial charge in [0.25, 0.3) is 0 Å². The number of aryl methyl sites for hydroxylation is 1. The van der Waals surface area contributed by atoms with E-state index in [0.29, 0.717) is 5.91 Å². The molecular weight excluding hydrogens is 378 g/mol. The van der Waals surface area contributed by atoms with E-state index in [1.54, 1.807) is 22.7 Å². The molecule has 2 aromatic heterocycles. The van der Waals surface area contributed by atoms with E-state index in [1.807, 2.05) is 11.6 Å². The van der Waals surface area contributed by atoms with Gasteiger partial charge in [0.15, 0.2) is 5.13 Å². The number of carbonyl (C=O) groups excluding carboxylic acids is 1. The largest absolute Gasteiger partial charge is 0.346 e. The lowest BCUT2D eigenvalue weighted by Crippen LogP contribution is -2.43. The van der Waals surface area contributed by atoms with Crippen LogP contribution in [0.1, 0.15) is 30.0 Å². The first kappa shape index (κ1) is 18.8. The van der Waals surface area contributed by atoms with Crippen molar-refractivity contribution in [2.75, 3.05) is 44.2 Å². The Balaban J connectivity index is 1.26. The van der Waals surface area contributed by atoms with Crippen molar-refractivity contribution in [3.05, 3.63) is 27.7 Å². The number of likely N-dealkylation sites (tertiary alicyclic amines) is 1. The summed E-state index contributed by atoms with van der Waals surface area (Å²) in [6.07, 6.45) is 4.81. The number of thiazole rings is 2. The minimum absolute atomic E-state index is 0.185. The molecule has 0 atom stereocenters. The van der Waals surface area contributed by atoms with Crippen LogP contribution in [0.25, 0.3) is 0 Å². The van der Waals surface area contributed by atoms with Gasteiger partial charge in [-0.1, -0.05) is 0 Å². The molecule has 4 rings (SSSR count). The molecule has 2 aliphatic heterocycles. The van der Waals surface area contributed by atoms with Crippen LogP contribution in [0, 0.1) is 12.8 Å². The van der Waals surface area contributed by atoms with Crippen molar-refractivity contribution in [1.82, 2.24) is 19.8 Å². The van der Waals surface area contributed by atoms with Crippen molar-refractivity contribution in [2.24, 2.45) is 5.92 Å². The zero-order valence-electron chi connectivity index (χ0n) is 15.8. The predicted molar refractivity (Wildman–Crippen MR) is 110 cm³/mol. The Bertz CT molecular complexity index is 739. The lowest BCUT2D eigenvalue weighted by Gasteiger charge is -2.33. The molecular formula is C19H27N5OS2. The van der Waals surface area contributed by atoms with Crippen molar-refractivity contribution >= 4 is 33.7 Å². The first-order valence-electron chi connectivity index (χ1n) is 9.75. The first-order valence-corrected chi connectivity index (χ1v) is 11.5. The lowest BCUT2D eigenvalue weighted by molar-refractivity contribution is -0.136. The molecule has 0 radical (unpaired) electrons. The summed E-state index contributed by atoms with van der Waals surface area (Å²) in [5.41, 5.74) is 1.16. The average molecular weight is 406 g/mol. The van der Waals surface area contributed by atoms with Gasteiger partial charge in [-0.3, -0.25) is 9.69 Å². The highest BCUT2D eigenvalue weighted by Gasteiger charge is 2.30. The minimum atomic E-state index is 0.185. The maximum Gasteiger partial charge on any atom is 0.225 e. The summed E-state index contributed by atoms with van der Waals surface area (Å²) >= 11 is 3.39. The molecule has 0 N–H and O–H groups in total. The third kappa shape index (κ3) is 4.67. The zero-order chi connectivity index (χ0) is 18.6. The zero-order valence-corrected chi connectivity index (χ0v) is 17.5. The minimum Gasteiger partial charge on any atom is -0.346 e. The third-order valence-electron chi connectivity index (χ3n) is 5.49. The van der Waals surface area contributed by atoms with Crippen LogP contribution >= 0.6 is 22.7 Å². The molecule has 0 unspecified atom stereocenters. The van der Waals surface area contributed by atoms with Crippen molar-refractivity contribution in [3.8, 4) is 0 Å². The molecule has 0 aromatic carbocycles. The fourth-order valence-electron chi connectivity index (χ4n) is 4.01. The Labute approximate surface area is 168 Å². The number of carbonyl (C=O) groups is 1. The Morgan fingerprint density at radius 2 is 2.00 bits per heavy atom. The number of nitrogens with zero attached hydrogens (tertiary/aromatic N) is 5. The van der Waals surface area contributed by atoms with Gasteiger partial charge in [-0.2, -0.15) is 0 Å². The summed E-state index contributed by atoms with van der Waals surface area (Å²) in [6.45, 7) is 8.52. The molecule has 6 nitrogen and oxygen atoms in total. The van der Waals surface area contributed by atoms with Crippen LogP contribution in [0.3, 0.4) is 0 Å². The molecule has 0 saturated carbocycles. The van der Waals surface area contributed by atoms with Gasteiger partial charge in [-0.05, 0) is 39.3 Å². The monoisotopic (exact) mass is 405 g/mol. The molecule has 0 spiro atoms. The second-order valence-corrected chi connectivity index (χ2v) is 9.32. The summed E-state index contributed by atoms with van der Waals surface area (Å²) in [4.78, 5) is 28.9. The number of hydrogen-bond acceptors (Lipinski definition) is 7. The van der Waals surface area contributed by atoms with E-state index in [1.165, 1.54) is 0 Å². The Kier molecular flexibility index (Phi) is 6.04. The first-order chi connectivity index (χ1) is 13.2. The molecule has 146 valence electrons. The molecule has 0 aliphatic carbocycles. The van der Waals surface area contributed by atoms with Crippen molar-refractivity contribution < 1.29 is 4.79 Å². The quantitative estimate of drug-likeness (QED) is 0.783. The number of piperidine rings is 1. The number of amides is 1. The molecule has 2 aromatic rings. The third-order valence-corrected chi connectivity index (χ3v) is 7.14. The van der Waals surface area contributed by atoms with Crippen LogP contribution in [-0.2, 0) is 11.3 Å². The van der Waals surface area contributed by atoms with Gasteiger partial charge in [-0.15, -0.1) is 22.7 Å². The molecule has 4 heterocycles. The van der Waals surface area contributed by atoms with Gasteiger partial charge in [0.2, 0.25) is 5.91 Å². The number of rotatable bonds is 4. The van der Waals surface area contributed by atoms with Gasteiger partial charge >= 0.3 is 0 Å². The Hall–Kier alpha value is -1.51. The van der Waals surface area contributed by atoms with Gasteiger partial charge in [0.05, 0.1) is 10.7 Å². The van der Waals surface area contributed by atoms with Crippen LogP contribution in [0.4, 0.5) is 5.13 Å². The number of hydrogen-bond donors (Lipinski definition) is 0. The van der Waals surface area contributed by atoms with E-state index in [2.05, 4.69) is 37.0 Å². The number of aromatic nitrogens is 2. The van der Waals surface area contributed by atoms with E-state index in [-0.39, 0.29) is 5.92 Å². The molecule has 2 aliphatic rings. The van der Waals surface area contributed by atoms with Crippen LogP contribution in [0.15, 0.2) is 17.0 Å². The van der Waals surface area contributed by atoms with E-state index >= 15 is 0 Å². The highest BCUT2D eigenvalue weighted by Crippen LogP contribution is 2.24. The van der Waals surface area contributed by atoms with Gasteiger partial charge in [-0.25, -0.2) is 9.97 Å². The van der Waals surface area contributed by atoms with E-state index in [9.17, 15) is 4.79 Å². The van der Waals surface area contributed by atoms with Gasteiger partial charge < -0.3 is 9.80 Å². The highest BCUT2D eigenvalue weighted by molar-refractivity contribution is 7.13. The number of anilines is 1. The summed E-state index contributed by atoms with van der Waals surface area (Å²) in [6, 6.07) is 0. The summed E-state index contributed by atoms with van der Waals surface area (Å²) in [5.74, 6) is 0.546. The standard InChI is InChI=1S/C19H27N5OS2/c1-15-21-17(14-27-15)13-22-8-3-16(4-9-22)18(25)23-6-2-7-24(11-10-23)19-20-5-12-26-19/h5,12,14,16H,2-4,6-11,13H2,1H3. The summed E-state index contributed by atoms with van der Waals surface area (Å²) in [5, 5.41) is 6.37. The molecule has 0 bridgehead atoms. The normalized spacial score (nSPS) is 20.0. The van der Waals surface area contributed by atoms with Crippen molar-refractivity contribution in [3.63, 3.8) is 0 Å². The smallest absolute Gasteiger partial charge is 0.225 e. The average Bonchev–Trinajstić information content (AvgIpc) is 3.29. The van der Waals surface area contributed by atoms with Crippen molar-refractivity contribution in [1.29, 1.82) is 0 Å². The highest BCUT2D eigenvalue weighted by atomic mass is 32.1. The van der Waals surface area contributed by atoms with E-state index in [0.717, 1.165) is 80.9 Å². The summed E-state index contributed by atoms with van der Waals surface area (Å²) < 4.78 is 0. The molecule has 27 heavy (non-hydrogen) atoms. The fraction of sp³-hybridized carbons (Fsp3) is 0.632.